The lowest BCUT2D eigenvalue weighted by Crippen LogP contribution is -2.13. The van der Waals surface area contributed by atoms with E-state index in [4.69, 9.17) is 4.74 Å². The Morgan fingerprint density at radius 1 is 1.24 bits per heavy atom. The van der Waals surface area contributed by atoms with E-state index in [2.05, 4.69) is 34.1 Å². The highest BCUT2D eigenvalue weighted by Gasteiger charge is 2.15. The van der Waals surface area contributed by atoms with Gasteiger partial charge in [0, 0.05) is 17.8 Å². The molecule has 2 aromatic rings. The van der Waals surface area contributed by atoms with Crippen molar-refractivity contribution in [3.05, 3.63) is 53.3 Å². The molecule has 1 aromatic carbocycles. The molecule has 3 heteroatoms. The molecule has 0 fully saturated rings. The molecule has 0 amide bonds. The second-order valence-corrected chi connectivity index (χ2v) is 4.33. The zero-order chi connectivity index (χ0) is 11.7. The molecule has 1 aromatic heterocycles. The summed E-state index contributed by atoms with van der Waals surface area (Å²) >= 11 is 0. The molecular weight excluding hydrogens is 212 g/mol. The summed E-state index contributed by atoms with van der Waals surface area (Å²) in [5.41, 5.74) is 3.80. The van der Waals surface area contributed by atoms with E-state index >= 15 is 0 Å². The van der Waals surface area contributed by atoms with Gasteiger partial charge in [-0.15, -0.1) is 0 Å². The number of benzene rings is 1. The molecule has 0 saturated carbocycles. The molecule has 0 unspecified atom stereocenters. The topological polar surface area (TPSA) is 26.2 Å². The Kier molecular flexibility index (Phi) is 2.61. The Morgan fingerprint density at radius 3 is 3.00 bits per heavy atom. The van der Waals surface area contributed by atoms with Gasteiger partial charge < -0.3 is 14.6 Å². The molecule has 0 spiro atoms. The zero-order valence-corrected chi connectivity index (χ0v) is 9.94. The smallest absolute Gasteiger partial charge is 0.128 e. The van der Waals surface area contributed by atoms with Crippen LogP contribution in [-0.2, 0) is 19.7 Å². The third-order valence-electron chi connectivity index (χ3n) is 3.20. The van der Waals surface area contributed by atoms with Crippen LogP contribution in [0.2, 0.25) is 0 Å². The van der Waals surface area contributed by atoms with Crippen LogP contribution in [0, 0.1) is 0 Å². The SMILES string of the molecule is CNCc1ccc2n1Cc1ccccc1OC2. The highest BCUT2D eigenvalue weighted by Crippen LogP contribution is 2.26. The van der Waals surface area contributed by atoms with Crippen LogP contribution in [0.25, 0.3) is 0 Å². The van der Waals surface area contributed by atoms with Gasteiger partial charge in [0.15, 0.2) is 0 Å². The standard InChI is InChI=1S/C14H16N2O/c1-15-8-12-6-7-13-10-17-14-5-3-2-4-11(14)9-16(12)13/h2-7,15H,8-10H2,1H3. The van der Waals surface area contributed by atoms with E-state index in [1.54, 1.807) is 0 Å². The maximum atomic E-state index is 5.83. The minimum Gasteiger partial charge on any atom is -0.487 e. The first-order valence-corrected chi connectivity index (χ1v) is 5.91. The van der Waals surface area contributed by atoms with Gasteiger partial charge in [-0.2, -0.15) is 0 Å². The van der Waals surface area contributed by atoms with E-state index in [0.717, 1.165) is 18.8 Å². The fourth-order valence-electron chi connectivity index (χ4n) is 2.32. The molecule has 1 aliphatic rings. The summed E-state index contributed by atoms with van der Waals surface area (Å²) in [6.07, 6.45) is 0. The van der Waals surface area contributed by atoms with E-state index in [1.807, 2.05) is 19.2 Å². The molecule has 0 bridgehead atoms. The van der Waals surface area contributed by atoms with Gasteiger partial charge >= 0.3 is 0 Å². The Bertz CT molecular complexity index is 531. The van der Waals surface area contributed by atoms with Gasteiger partial charge in [0.2, 0.25) is 0 Å². The first-order valence-electron chi connectivity index (χ1n) is 5.91. The molecule has 0 atom stereocenters. The lowest BCUT2D eigenvalue weighted by molar-refractivity contribution is 0.302. The Labute approximate surface area is 101 Å². The molecular formula is C14H16N2O. The molecule has 2 heterocycles. The molecule has 0 aliphatic carbocycles. The summed E-state index contributed by atoms with van der Waals surface area (Å²) in [6, 6.07) is 12.6. The third-order valence-corrected chi connectivity index (χ3v) is 3.20. The minimum absolute atomic E-state index is 0.653. The van der Waals surface area contributed by atoms with Crippen LogP contribution >= 0.6 is 0 Å². The van der Waals surface area contributed by atoms with E-state index in [0.29, 0.717) is 6.61 Å². The number of aromatic nitrogens is 1. The van der Waals surface area contributed by atoms with Crippen molar-refractivity contribution in [3.63, 3.8) is 0 Å². The summed E-state index contributed by atoms with van der Waals surface area (Å²) in [7, 11) is 1.97. The van der Waals surface area contributed by atoms with Crippen LogP contribution < -0.4 is 10.1 Å². The van der Waals surface area contributed by atoms with Gasteiger partial charge in [-0.3, -0.25) is 0 Å². The van der Waals surface area contributed by atoms with Crippen LogP contribution in [0.1, 0.15) is 17.0 Å². The van der Waals surface area contributed by atoms with Crippen molar-refractivity contribution >= 4 is 0 Å². The van der Waals surface area contributed by atoms with Gasteiger partial charge in [-0.25, -0.2) is 0 Å². The molecule has 1 N–H and O–H groups in total. The molecule has 3 nitrogen and oxygen atoms in total. The van der Waals surface area contributed by atoms with E-state index in [-0.39, 0.29) is 0 Å². The van der Waals surface area contributed by atoms with Crippen LogP contribution in [0.3, 0.4) is 0 Å². The van der Waals surface area contributed by atoms with Crippen molar-refractivity contribution < 1.29 is 4.74 Å². The molecule has 88 valence electrons. The Morgan fingerprint density at radius 2 is 2.12 bits per heavy atom. The van der Waals surface area contributed by atoms with Gasteiger partial charge in [0.25, 0.3) is 0 Å². The van der Waals surface area contributed by atoms with Crippen LogP contribution in [-0.4, -0.2) is 11.6 Å². The average Bonchev–Trinajstić information content (AvgIpc) is 2.62. The normalized spacial score (nSPS) is 13.5. The van der Waals surface area contributed by atoms with Crippen LogP contribution in [0.5, 0.6) is 5.75 Å². The highest BCUT2D eigenvalue weighted by atomic mass is 16.5. The monoisotopic (exact) mass is 228 g/mol. The summed E-state index contributed by atoms with van der Waals surface area (Å²) in [6.45, 7) is 2.44. The summed E-state index contributed by atoms with van der Waals surface area (Å²) in [5, 5.41) is 3.20. The van der Waals surface area contributed by atoms with Crippen molar-refractivity contribution in [1.82, 2.24) is 9.88 Å². The van der Waals surface area contributed by atoms with Crippen molar-refractivity contribution in [2.75, 3.05) is 7.05 Å². The van der Waals surface area contributed by atoms with Gasteiger partial charge in [0.1, 0.15) is 12.4 Å². The number of para-hydroxylation sites is 1. The lowest BCUT2D eigenvalue weighted by Gasteiger charge is -2.10. The zero-order valence-electron chi connectivity index (χ0n) is 9.94. The lowest BCUT2D eigenvalue weighted by atomic mass is 10.2. The number of ether oxygens (including phenoxy) is 1. The second-order valence-electron chi connectivity index (χ2n) is 4.33. The molecule has 0 saturated heterocycles. The van der Waals surface area contributed by atoms with Crippen LogP contribution in [0.4, 0.5) is 0 Å². The van der Waals surface area contributed by atoms with Crippen molar-refractivity contribution in [3.8, 4) is 5.75 Å². The number of fused-ring (bicyclic) bond motifs is 2. The molecule has 0 radical (unpaired) electrons. The average molecular weight is 228 g/mol. The van der Waals surface area contributed by atoms with Crippen molar-refractivity contribution in [1.29, 1.82) is 0 Å². The van der Waals surface area contributed by atoms with E-state index in [1.165, 1.54) is 17.0 Å². The maximum Gasteiger partial charge on any atom is 0.128 e. The Hall–Kier alpha value is -1.74. The summed E-state index contributed by atoms with van der Waals surface area (Å²) in [5.74, 6) is 1.01. The number of rotatable bonds is 2. The largest absolute Gasteiger partial charge is 0.487 e. The van der Waals surface area contributed by atoms with Crippen LogP contribution in [0.15, 0.2) is 36.4 Å². The first kappa shape index (κ1) is 10.4. The Balaban J connectivity index is 2.02. The molecule has 17 heavy (non-hydrogen) atoms. The van der Waals surface area contributed by atoms with E-state index < -0.39 is 0 Å². The second kappa shape index (κ2) is 4.26. The minimum atomic E-state index is 0.653. The van der Waals surface area contributed by atoms with Gasteiger partial charge in [-0.1, -0.05) is 18.2 Å². The van der Waals surface area contributed by atoms with E-state index in [9.17, 15) is 0 Å². The number of hydrogen-bond acceptors (Lipinski definition) is 2. The third kappa shape index (κ3) is 1.83. The highest BCUT2D eigenvalue weighted by molar-refractivity contribution is 5.36. The number of nitrogens with zero attached hydrogens (tertiary/aromatic N) is 1. The van der Waals surface area contributed by atoms with Gasteiger partial charge in [0.05, 0.1) is 12.2 Å². The van der Waals surface area contributed by atoms with Crippen molar-refractivity contribution in [2.24, 2.45) is 0 Å². The maximum absolute atomic E-state index is 5.83. The van der Waals surface area contributed by atoms with Gasteiger partial charge in [-0.05, 0) is 25.2 Å². The summed E-state index contributed by atoms with van der Waals surface area (Å²) in [4.78, 5) is 0. The first-order chi connectivity index (χ1) is 8.38. The number of hydrogen-bond donors (Lipinski definition) is 1. The fraction of sp³-hybridized carbons (Fsp3) is 0.286. The predicted octanol–water partition coefficient (Wildman–Crippen LogP) is 2.15. The molecule has 1 aliphatic heterocycles. The van der Waals surface area contributed by atoms with Crippen molar-refractivity contribution in [2.45, 2.75) is 19.7 Å². The summed E-state index contributed by atoms with van der Waals surface area (Å²) < 4.78 is 8.16. The number of nitrogens with one attached hydrogen (secondary N) is 1. The fourth-order valence-corrected chi connectivity index (χ4v) is 2.32. The molecule has 3 rings (SSSR count). The predicted molar refractivity (Wildman–Crippen MR) is 67.1 cm³/mol. The quantitative estimate of drug-likeness (QED) is 0.852.